The van der Waals surface area contributed by atoms with Gasteiger partial charge in [0.15, 0.2) is 0 Å². The maximum atomic E-state index is 12.2. The van der Waals surface area contributed by atoms with Crippen molar-refractivity contribution in [3.63, 3.8) is 0 Å². The number of nitrogens with two attached hydrogens (primary N) is 1. The summed E-state index contributed by atoms with van der Waals surface area (Å²) in [6.07, 6.45) is -0.725. The second-order valence-corrected chi connectivity index (χ2v) is 7.72. The number of carbonyl (C=O) groups excluding carboxylic acids is 1. The van der Waals surface area contributed by atoms with E-state index in [1.807, 2.05) is 45.9 Å². The number of nitrogens with zero attached hydrogens (tertiary/aromatic N) is 1. The zero-order valence-electron chi connectivity index (χ0n) is 14.9. The van der Waals surface area contributed by atoms with E-state index in [0.717, 1.165) is 5.46 Å². The highest BCUT2D eigenvalue weighted by Crippen LogP contribution is 2.40. The summed E-state index contributed by atoms with van der Waals surface area (Å²) in [5.41, 5.74) is 6.42. The highest BCUT2D eigenvalue weighted by atomic mass is 16.7. The summed E-state index contributed by atoms with van der Waals surface area (Å²) in [7, 11) is -0.473. The van der Waals surface area contributed by atoms with Crippen molar-refractivity contribution in [1.29, 1.82) is 0 Å². The van der Waals surface area contributed by atoms with Crippen LogP contribution in [0.2, 0.25) is 0 Å². The summed E-state index contributed by atoms with van der Waals surface area (Å²) in [4.78, 5) is 13.8. The molecule has 3 heterocycles. The summed E-state index contributed by atoms with van der Waals surface area (Å²) in [6, 6.07) is 5.43. The summed E-state index contributed by atoms with van der Waals surface area (Å²) in [6.45, 7) is 8.68. The monoisotopic (exact) mass is 346 g/mol. The normalized spacial score (nSPS) is 29.1. The summed E-state index contributed by atoms with van der Waals surface area (Å²) in [5.74, 6) is 0.623. The van der Waals surface area contributed by atoms with Gasteiger partial charge in [0.05, 0.1) is 16.9 Å². The van der Waals surface area contributed by atoms with Crippen molar-refractivity contribution in [1.82, 2.24) is 0 Å². The second kappa shape index (κ2) is 5.36. The molecule has 3 aliphatic heterocycles. The fourth-order valence-electron chi connectivity index (χ4n) is 3.38. The third-order valence-corrected chi connectivity index (χ3v) is 5.62. The zero-order valence-corrected chi connectivity index (χ0v) is 14.9. The van der Waals surface area contributed by atoms with Crippen LogP contribution in [0.5, 0.6) is 5.75 Å². The number of ether oxygens (including phenoxy) is 2. The quantitative estimate of drug-likeness (QED) is 0.806. The Balaban J connectivity index is 1.64. The van der Waals surface area contributed by atoms with Crippen LogP contribution in [-0.2, 0) is 14.0 Å². The van der Waals surface area contributed by atoms with Gasteiger partial charge in [0.2, 0.25) is 0 Å². The minimum absolute atomic E-state index is 0.187. The van der Waals surface area contributed by atoms with Gasteiger partial charge in [-0.3, -0.25) is 4.90 Å². The van der Waals surface area contributed by atoms with Crippen molar-refractivity contribution in [2.24, 2.45) is 5.73 Å². The molecule has 2 fully saturated rings. The van der Waals surface area contributed by atoms with Crippen molar-refractivity contribution in [3.8, 4) is 5.75 Å². The molecular weight excluding hydrogens is 323 g/mol. The molecule has 2 N–H and O–H groups in total. The lowest BCUT2D eigenvalue weighted by atomic mass is 9.78. The van der Waals surface area contributed by atoms with E-state index in [0.29, 0.717) is 18.0 Å². The van der Waals surface area contributed by atoms with Crippen LogP contribution in [0.15, 0.2) is 18.2 Å². The minimum atomic E-state index is -0.473. The Morgan fingerprint density at radius 2 is 1.92 bits per heavy atom. The topological polar surface area (TPSA) is 83.2 Å². The minimum Gasteiger partial charge on any atom is -0.489 e. The molecular formula is C17H23BN2O5. The number of anilines is 1. The molecule has 1 aromatic rings. The van der Waals surface area contributed by atoms with E-state index >= 15 is 0 Å². The van der Waals surface area contributed by atoms with Crippen molar-refractivity contribution in [3.05, 3.63) is 18.2 Å². The first-order chi connectivity index (χ1) is 11.7. The van der Waals surface area contributed by atoms with Crippen molar-refractivity contribution in [2.75, 3.05) is 18.1 Å². The number of hydrogen-bond donors (Lipinski definition) is 1. The molecule has 4 rings (SSSR count). The lowest BCUT2D eigenvalue weighted by Crippen LogP contribution is -2.47. The molecule has 3 aliphatic rings. The Hall–Kier alpha value is -1.77. The number of carbonyl (C=O) groups is 1. The smallest absolute Gasteiger partial charge is 0.489 e. The molecule has 0 spiro atoms. The molecule has 0 aliphatic carbocycles. The lowest BCUT2D eigenvalue weighted by Gasteiger charge is -2.32. The van der Waals surface area contributed by atoms with E-state index in [4.69, 9.17) is 24.5 Å². The first-order valence-corrected chi connectivity index (χ1v) is 8.56. The van der Waals surface area contributed by atoms with Crippen LogP contribution in [-0.4, -0.2) is 49.7 Å². The highest BCUT2D eigenvalue weighted by Gasteiger charge is 2.52. The van der Waals surface area contributed by atoms with Crippen molar-refractivity contribution < 1.29 is 23.6 Å². The second-order valence-electron chi connectivity index (χ2n) is 7.72. The molecule has 0 aromatic heterocycles. The van der Waals surface area contributed by atoms with Gasteiger partial charge in [-0.05, 0) is 45.3 Å². The molecule has 0 unspecified atom stereocenters. The van der Waals surface area contributed by atoms with Gasteiger partial charge in [0.1, 0.15) is 24.5 Å². The summed E-state index contributed by atoms with van der Waals surface area (Å²) in [5, 5.41) is 0. The molecule has 2 atom stereocenters. The first kappa shape index (κ1) is 16.7. The molecule has 0 bridgehead atoms. The number of amides is 1. The van der Waals surface area contributed by atoms with Gasteiger partial charge in [-0.25, -0.2) is 4.79 Å². The van der Waals surface area contributed by atoms with Gasteiger partial charge in [-0.2, -0.15) is 0 Å². The molecule has 8 heteroatoms. The molecule has 2 saturated heterocycles. The fourth-order valence-corrected chi connectivity index (χ4v) is 3.38. The maximum absolute atomic E-state index is 12.2. The third kappa shape index (κ3) is 2.43. The van der Waals surface area contributed by atoms with Crippen molar-refractivity contribution in [2.45, 2.75) is 51.0 Å². The molecule has 7 nitrogen and oxygen atoms in total. The number of fused-ring (bicyclic) bond motifs is 3. The van der Waals surface area contributed by atoms with Crippen LogP contribution in [0.1, 0.15) is 27.7 Å². The zero-order chi connectivity index (χ0) is 18.0. The van der Waals surface area contributed by atoms with Crippen LogP contribution in [0.3, 0.4) is 0 Å². The Labute approximate surface area is 147 Å². The number of cyclic esters (lactones) is 1. The van der Waals surface area contributed by atoms with Crippen LogP contribution >= 0.6 is 0 Å². The Morgan fingerprint density at radius 3 is 2.56 bits per heavy atom. The average molecular weight is 346 g/mol. The maximum Gasteiger partial charge on any atom is 0.494 e. The highest BCUT2D eigenvalue weighted by molar-refractivity contribution is 6.62. The van der Waals surface area contributed by atoms with E-state index in [-0.39, 0.29) is 24.8 Å². The molecule has 134 valence electrons. The Bertz CT molecular complexity index is 707. The average Bonchev–Trinajstić information content (AvgIpc) is 3.00. The van der Waals surface area contributed by atoms with E-state index in [1.165, 1.54) is 0 Å². The predicted octanol–water partition coefficient (Wildman–Crippen LogP) is 1.03. The molecule has 1 amide bonds. The van der Waals surface area contributed by atoms with E-state index < -0.39 is 18.3 Å². The van der Waals surface area contributed by atoms with Crippen LogP contribution in [0.4, 0.5) is 10.5 Å². The Morgan fingerprint density at radius 1 is 1.24 bits per heavy atom. The SMILES string of the molecule is CC1(C)OB(c2ccc3c(c2)OC[C@H]2[C@H](CN)OC(=O)N32)OC1(C)C. The molecule has 1 aromatic carbocycles. The summed E-state index contributed by atoms with van der Waals surface area (Å²) >= 11 is 0. The molecule has 0 radical (unpaired) electrons. The standard InChI is InChI=1S/C17H23BN2O5/c1-16(2)17(3,4)25-18(24-16)10-5-6-11-13(7-10)22-9-12-14(8-19)23-15(21)20(11)12/h5-7,12,14H,8-9,19H2,1-4H3/t12-,14-/m0/s1. The largest absolute Gasteiger partial charge is 0.494 e. The van der Waals surface area contributed by atoms with E-state index in [1.54, 1.807) is 4.90 Å². The predicted molar refractivity (Wildman–Crippen MR) is 93.2 cm³/mol. The van der Waals surface area contributed by atoms with Crippen LogP contribution in [0.25, 0.3) is 0 Å². The summed E-state index contributed by atoms with van der Waals surface area (Å²) < 4.78 is 23.4. The number of rotatable bonds is 2. The first-order valence-electron chi connectivity index (χ1n) is 8.56. The number of benzene rings is 1. The van der Waals surface area contributed by atoms with E-state index in [2.05, 4.69) is 0 Å². The van der Waals surface area contributed by atoms with Crippen molar-refractivity contribution >= 4 is 24.4 Å². The molecule has 0 saturated carbocycles. The van der Waals surface area contributed by atoms with Gasteiger partial charge in [0.25, 0.3) is 0 Å². The van der Waals surface area contributed by atoms with Crippen LogP contribution < -0.4 is 20.8 Å². The molecule has 25 heavy (non-hydrogen) atoms. The third-order valence-electron chi connectivity index (χ3n) is 5.62. The van der Waals surface area contributed by atoms with Crippen LogP contribution in [0, 0.1) is 0 Å². The number of hydrogen-bond acceptors (Lipinski definition) is 6. The van der Waals surface area contributed by atoms with E-state index in [9.17, 15) is 4.79 Å². The van der Waals surface area contributed by atoms with Gasteiger partial charge in [-0.1, -0.05) is 6.07 Å². The van der Waals surface area contributed by atoms with Gasteiger partial charge in [0, 0.05) is 6.54 Å². The lowest BCUT2D eigenvalue weighted by molar-refractivity contribution is 0.00578. The van der Waals surface area contributed by atoms with Gasteiger partial charge >= 0.3 is 13.2 Å². The Kier molecular flexibility index (Phi) is 3.58. The fraction of sp³-hybridized carbons (Fsp3) is 0.588. The van der Waals surface area contributed by atoms with Gasteiger partial charge < -0.3 is 24.5 Å². The van der Waals surface area contributed by atoms with Gasteiger partial charge in [-0.15, -0.1) is 0 Å².